The second-order valence-electron chi connectivity index (χ2n) is 3.85. The van der Waals surface area contributed by atoms with Crippen LogP contribution in [0.4, 0.5) is 4.39 Å². The van der Waals surface area contributed by atoms with Gasteiger partial charge in [-0.2, -0.15) is 0 Å². The van der Waals surface area contributed by atoms with E-state index in [2.05, 4.69) is 0 Å². The molecule has 0 atom stereocenters. The largest absolute Gasteiger partial charge is 0.481 e. The molecule has 0 aliphatic heterocycles. The molecule has 0 fully saturated rings. The smallest absolute Gasteiger partial charge is 0.307 e. The van der Waals surface area contributed by atoms with E-state index in [0.717, 1.165) is 0 Å². The fraction of sp³-hybridized carbons (Fsp3) is 0.0714. The van der Waals surface area contributed by atoms with Crippen LogP contribution < -0.4 is 0 Å². The number of carboxylic acids is 1. The molecule has 2 rings (SSSR count). The van der Waals surface area contributed by atoms with Gasteiger partial charge in [0, 0.05) is 10.6 Å². The average Bonchev–Trinajstić information content (AvgIpc) is 2.31. The standard InChI is InChI=1S/C14H10ClFO2/c15-10-4-1-3-9(7-10)11-5-2-6-13(16)12(11)8-14(17)18/h1-7H,8H2,(H,17,18). The molecule has 0 heterocycles. The van der Waals surface area contributed by atoms with E-state index in [4.69, 9.17) is 16.7 Å². The van der Waals surface area contributed by atoms with Gasteiger partial charge in [0.25, 0.3) is 0 Å². The maximum Gasteiger partial charge on any atom is 0.307 e. The van der Waals surface area contributed by atoms with Crippen molar-refractivity contribution in [3.05, 3.63) is 58.9 Å². The van der Waals surface area contributed by atoms with Crippen LogP contribution in [0.3, 0.4) is 0 Å². The number of carboxylic acid groups (broad SMARTS) is 1. The van der Waals surface area contributed by atoms with Crippen LogP contribution in [-0.2, 0) is 11.2 Å². The minimum absolute atomic E-state index is 0.173. The van der Waals surface area contributed by atoms with Crippen molar-refractivity contribution in [2.45, 2.75) is 6.42 Å². The topological polar surface area (TPSA) is 37.3 Å². The first-order valence-electron chi connectivity index (χ1n) is 5.33. The summed E-state index contributed by atoms with van der Waals surface area (Å²) in [5, 5.41) is 9.35. The van der Waals surface area contributed by atoms with E-state index < -0.39 is 11.8 Å². The molecule has 0 aliphatic rings. The molecule has 2 aromatic carbocycles. The predicted octanol–water partition coefficient (Wildman–Crippen LogP) is 3.77. The summed E-state index contributed by atoms with van der Waals surface area (Å²) in [6.07, 6.45) is -0.353. The highest BCUT2D eigenvalue weighted by Gasteiger charge is 2.13. The SMILES string of the molecule is O=C(O)Cc1c(F)cccc1-c1cccc(Cl)c1. The number of rotatable bonds is 3. The predicted molar refractivity (Wildman–Crippen MR) is 68.2 cm³/mol. The van der Waals surface area contributed by atoms with Gasteiger partial charge < -0.3 is 5.11 Å². The molecule has 0 aliphatic carbocycles. The van der Waals surface area contributed by atoms with Crippen LogP contribution in [0.5, 0.6) is 0 Å². The molecule has 0 spiro atoms. The van der Waals surface area contributed by atoms with Crippen molar-refractivity contribution in [1.82, 2.24) is 0 Å². The summed E-state index contributed by atoms with van der Waals surface area (Å²) < 4.78 is 13.7. The lowest BCUT2D eigenvalue weighted by atomic mass is 9.97. The van der Waals surface area contributed by atoms with E-state index in [9.17, 15) is 9.18 Å². The molecule has 18 heavy (non-hydrogen) atoms. The molecule has 92 valence electrons. The Labute approximate surface area is 109 Å². The molecule has 0 amide bonds. The summed E-state index contributed by atoms with van der Waals surface area (Å²) in [6, 6.07) is 11.4. The molecule has 2 aromatic rings. The number of aliphatic carboxylic acids is 1. The highest BCUT2D eigenvalue weighted by Crippen LogP contribution is 2.28. The number of halogens is 2. The monoisotopic (exact) mass is 264 g/mol. The lowest BCUT2D eigenvalue weighted by molar-refractivity contribution is -0.136. The number of benzene rings is 2. The number of hydrogen-bond acceptors (Lipinski definition) is 1. The van der Waals surface area contributed by atoms with Crippen LogP contribution in [0.15, 0.2) is 42.5 Å². The van der Waals surface area contributed by atoms with Gasteiger partial charge in [0.1, 0.15) is 5.82 Å². The van der Waals surface area contributed by atoms with Gasteiger partial charge in [0.15, 0.2) is 0 Å². The first-order chi connectivity index (χ1) is 8.58. The van der Waals surface area contributed by atoms with Gasteiger partial charge in [-0.3, -0.25) is 4.79 Å². The summed E-state index contributed by atoms with van der Waals surface area (Å²) in [6.45, 7) is 0. The van der Waals surface area contributed by atoms with Gasteiger partial charge in [-0.05, 0) is 29.3 Å². The Morgan fingerprint density at radius 1 is 1.22 bits per heavy atom. The lowest BCUT2D eigenvalue weighted by Crippen LogP contribution is -2.04. The molecule has 0 saturated carbocycles. The van der Waals surface area contributed by atoms with Gasteiger partial charge in [0.2, 0.25) is 0 Å². The zero-order valence-corrected chi connectivity index (χ0v) is 10.1. The highest BCUT2D eigenvalue weighted by atomic mass is 35.5. The highest BCUT2D eigenvalue weighted by molar-refractivity contribution is 6.30. The average molecular weight is 265 g/mol. The molecule has 0 aromatic heterocycles. The number of hydrogen-bond donors (Lipinski definition) is 1. The summed E-state index contributed by atoms with van der Waals surface area (Å²) in [4.78, 5) is 10.8. The Kier molecular flexibility index (Phi) is 3.63. The summed E-state index contributed by atoms with van der Waals surface area (Å²) >= 11 is 5.88. The fourth-order valence-electron chi connectivity index (χ4n) is 1.82. The van der Waals surface area contributed by atoms with Gasteiger partial charge in [-0.1, -0.05) is 35.9 Å². The van der Waals surface area contributed by atoms with E-state index >= 15 is 0 Å². The molecule has 1 N–H and O–H groups in total. The minimum Gasteiger partial charge on any atom is -0.481 e. The van der Waals surface area contributed by atoms with Crippen LogP contribution in [0.1, 0.15) is 5.56 Å². The maximum absolute atomic E-state index is 13.7. The second kappa shape index (κ2) is 5.19. The van der Waals surface area contributed by atoms with Gasteiger partial charge in [-0.25, -0.2) is 4.39 Å². The Morgan fingerprint density at radius 3 is 2.61 bits per heavy atom. The molecule has 0 saturated heterocycles. The zero-order chi connectivity index (χ0) is 13.1. The van der Waals surface area contributed by atoms with Crippen molar-refractivity contribution < 1.29 is 14.3 Å². The van der Waals surface area contributed by atoms with Crippen molar-refractivity contribution in [3.8, 4) is 11.1 Å². The van der Waals surface area contributed by atoms with Crippen molar-refractivity contribution in [3.63, 3.8) is 0 Å². The Morgan fingerprint density at radius 2 is 1.94 bits per heavy atom. The fourth-order valence-corrected chi connectivity index (χ4v) is 2.01. The van der Waals surface area contributed by atoms with Crippen LogP contribution in [-0.4, -0.2) is 11.1 Å². The molecule has 0 radical (unpaired) electrons. The molecule has 2 nitrogen and oxygen atoms in total. The maximum atomic E-state index is 13.7. The van der Waals surface area contributed by atoms with E-state index in [1.54, 1.807) is 36.4 Å². The third-order valence-electron chi connectivity index (χ3n) is 2.58. The normalized spacial score (nSPS) is 10.3. The lowest BCUT2D eigenvalue weighted by Gasteiger charge is -2.09. The number of carbonyl (C=O) groups is 1. The van der Waals surface area contributed by atoms with E-state index in [1.165, 1.54) is 6.07 Å². The minimum atomic E-state index is -1.07. The summed E-state index contributed by atoms with van der Waals surface area (Å²) in [5.41, 5.74) is 1.44. The second-order valence-corrected chi connectivity index (χ2v) is 4.28. The zero-order valence-electron chi connectivity index (χ0n) is 9.36. The Hall–Kier alpha value is -1.87. The van der Waals surface area contributed by atoms with Crippen molar-refractivity contribution in [2.75, 3.05) is 0 Å². The van der Waals surface area contributed by atoms with E-state index in [1.807, 2.05) is 0 Å². The quantitative estimate of drug-likeness (QED) is 0.916. The van der Waals surface area contributed by atoms with Crippen molar-refractivity contribution in [2.24, 2.45) is 0 Å². The van der Waals surface area contributed by atoms with Gasteiger partial charge >= 0.3 is 5.97 Å². The molecular weight excluding hydrogens is 255 g/mol. The first-order valence-corrected chi connectivity index (χ1v) is 5.71. The Balaban J connectivity index is 2.56. The van der Waals surface area contributed by atoms with E-state index in [0.29, 0.717) is 16.1 Å². The van der Waals surface area contributed by atoms with E-state index in [-0.39, 0.29) is 12.0 Å². The summed E-state index contributed by atoms with van der Waals surface area (Å²) in [5.74, 6) is -1.58. The summed E-state index contributed by atoms with van der Waals surface area (Å²) in [7, 11) is 0. The van der Waals surface area contributed by atoms with Crippen molar-refractivity contribution >= 4 is 17.6 Å². The third kappa shape index (κ3) is 2.68. The Bertz CT molecular complexity index is 596. The molecular formula is C14H10ClFO2. The van der Waals surface area contributed by atoms with Crippen LogP contribution in [0, 0.1) is 5.82 Å². The third-order valence-corrected chi connectivity index (χ3v) is 2.82. The van der Waals surface area contributed by atoms with Crippen LogP contribution >= 0.6 is 11.6 Å². The molecule has 4 heteroatoms. The first kappa shape index (κ1) is 12.6. The van der Waals surface area contributed by atoms with Crippen LogP contribution in [0.25, 0.3) is 11.1 Å². The molecule has 0 bridgehead atoms. The van der Waals surface area contributed by atoms with Crippen LogP contribution in [0.2, 0.25) is 5.02 Å². The van der Waals surface area contributed by atoms with Gasteiger partial charge in [-0.15, -0.1) is 0 Å². The van der Waals surface area contributed by atoms with Gasteiger partial charge in [0.05, 0.1) is 6.42 Å². The molecule has 0 unspecified atom stereocenters. The van der Waals surface area contributed by atoms with Crippen molar-refractivity contribution in [1.29, 1.82) is 0 Å².